The monoisotopic (exact) mass is 244 g/mol. The molecule has 0 saturated heterocycles. The highest BCUT2D eigenvalue weighted by Crippen LogP contribution is 2.12. The van der Waals surface area contributed by atoms with Gasteiger partial charge in [-0.2, -0.15) is 0 Å². The first kappa shape index (κ1) is 12.8. The second-order valence-electron chi connectivity index (χ2n) is 4.77. The van der Waals surface area contributed by atoms with E-state index in [1.165, 1.54) is 11.1 Å². The van der Waals surface area contributed by atoms with E-state index in [9.17, 15) is 0 Å². The maximum atomic E-state index is 5.16. The number of nitrogens with one attached hydrogen (secondary N) is 1. The Labute approximate surface area is 108 Å². The molecule has 1 unspecified atom stereocenters. The van der Waals surface area contributed by atoms with Crippen LogP contribution in [0.2, 0.25) is 0 Å². The molecule has 0 saturated carbocycles. The Kier molecular flexibility index (Phi) is 4.15. The molecular formula is C15H20N2O. The molecule has 1 aromatic heterocycles. The summed E-state index contributed by atoms with van der Waals surface area (Å²) < 4.78 is 5.16. The highest BCUT2D eigenvalue weighted by Gasteiger charge is 2.10. The van der Waals surface area contributed by atoms with Crippen molar-refractivity contribution in [2.24, 2.45) is 0 Å². The molecule has 3 heteroatoms. The van der Waals surface area contributed by atoms with Gasteiger partial charge in [-0.3, -0.25) is 0 Å². The van der Waals surface area contributed by atoms with Crippen molar-refractivity contribution in [1.29, 1.82) is 0 Å². The van der Waals surface area contributed by atoms with Gasteiger partial charge in [0.15, 0.2) is 0 Å². The number of hydrogen-bond acceptors (Lipinski definition) is 3. The van der Waals surface area contributed by atoms with Crippen LogP contribution in [-0.2, 0) is 13.0 Å². The Morgan fingerprint density at radius 2 is 1.94 bits per heavy atom. The van der Waals surface area contributed by atoms with Gasteiger partial charge < -0.3 is 9.84 Å². The fourth-order valence-corrected chi connectivity index (χ4v) is 2.07. The second kappa shape index (κ2) is 5.83. The number of aryl methyl sites for hydroxylation is 2. The van der Waals surface area contributed by atoms with E-state index < -0.39 is 0 Å². The van der Waals surface area contributed by atoms with E-state index in [0.29, 0.717) is 6.04 Å². The predicted octanol–water partition coefficient (Wildman–Crippen LogP) is 3.01. The molecule has 3 nitrogen and oxygen atoms in total. The first-order chi connectivity index (χ1) is 8.66. The zero-order chi connectivity index (χ0) is 13.0. The highest BCUT2D eigenvalue weighted by atomic mass is 16.5. The third-order valence-corrected chi connectivity index (χ3v) is 3.19. The van der Waals surface area contributed by atoms with Crippen molar-refractivity contribution in [2.45, 2.75) is 39.8 Å². The minimum absolute atomic E-state index is 0.432. The van der Waals surface area contributed by atoms with Crippen LogP contribution < -0.4 is 5.32 Å². The summed E-state index contributed by atoms with van der Waals surface area (Å²) in [5, 5.41) is 7.48. The van der Waals surface area contributed by atoms with Gasteiger partial charge in [-0.15, -0.1) is 0 Å². The standard InChI is InChI=1S/C15H20N2O/c1-11(9-14-7-5-4-6-8-14)16-10-15-12(2)17-18-13(15)3/h4-8,11,16H,9-10H2,1-3H3. The van der Waals surface area contributed by atoms with Gasteiger partial charge in [0, 0.05) is 18.2 Å². The number of hydrogen-bond donors (Lipinski definition) is 1. The van der Waals surface area contributed by atoms with Gasteiger partial charge in [0.1, 0.15) is 5.76 Å². The molecule has 0 fully saturated rings. The van der Waals surface area contributed by atoms with Crippen LogP contribution >= 0.6 is 0 Å². The summed E-state index contributed by atoms with van der Waals surface area (Å²) in [6.45, 7) is 6.95. The molecule has 1 atom stereocenters. The average Bonchev–Trinajstić information content (AvgIpc) is 2.68. The van der Waals surface area contributed by atoms with E-state index in [0.717, 1.165) is 24.4 Å². The van der Waals surface area contributed by atoms with E-state index >= 15 is 0 Å². The fourth-order valence-electron chi connectivity index (χ4n) is 2.07. The van der Waals surface area contributed by atoms with Crippen molar-refractivity contribution in [2.75, 3.05) is 0 Å². The average molecular weight is 244 g/mol. The number of benzene rings is 1. The van der Waals surface area contributed by atoms with E-state index in [1.54, 1.807) is 0 Å². The van der Waals surface area contributed by atoms with Crippen molar-refractivity contribution in [3.8, 4) is 0 Å². The van der Waals surface area contributed by atoms with E-state index in [4.69, 9.17) is 4.52 Å². The number of aromatic nitrogens is 1. The maximum Gasteiger partial charge on any atom is 0.138 e. The summed E-state index contributed by atoms with van der Waals surface area (Å²) in [6, 6.07) is 11.0. The zero-order valence-electron chi connectivity index (χ0n) is 11.2. The molecule has 1 aromatic carbocycles. The van der Waals surface area contributed by atoms with Crippen LogP contribution in [0.4, 0.5) is 0 Å². The maximum absolute atomic E-state index is 5.16. The van der Waals surface area contributed by atoms with Gasteiger partial charge in [0.05, 0.1) is 5.69 Å². The summed E-state index contributed by atoms with van der Waals surface area (Å²) >= 11 is 0. The highest BCUT2D eigenvalue weighted by molar-refractivity contribution is 5.21. The lowest BCUT2D eigenvalue weighted by atomic mass is 10.1. The second-order valence-corrected chi connectivity index (χ2v) is 4.77. The first-order valence-corrected chi connectivity index (χ1v) is 6.36. The number of rotatable bonds is 5. The molecule has 96 valence electrons. The number of nitrogens with zero attached hydrogens (tertiary/aromatic N) is 1. The molecule has 0 spiro atoms. The normalized spacial score (nSPS) is 12.6. The molecule has 1 N–H and O–H groups in total. The molecule has 1 heterocycles. The summed E-state index contributed by atoms with van der Waals surface area (Å²) in [5.41, 5.74) is 3.51. The van der Waals surface area contributed by atoms with Gasteiger partial charge in [-0.1, -0.05) is 35.5 Å². The van der Waals surface area contributed by atoms with E-state index in [1.807, 2.05) is 19.9 Å². The molecule has 0 bridgehead atoms. The topological polar surface area (TPSA) is 38.1 Å². The van der Waals surface area contributed by atoms with Gasteiger partial charge in [0.2, 0.25) is 0 Å². The Bertz CT molecular complexity index is 471. The minimum Gasteiger partial charge on any atom is -0.361 e. The summed E-state index contributed by atoms with van der Waals surface area (Å²) in [6.07, 6.45) is 1.03. The molecule has 0 aliphatic carbocycles. The first-order valence-electron chi connectivity index (χ1n) is 6.36. The quantitative estimate of drug-likeness (QED) is 0.878. The van der Waals surface area contributed by atoms with Crippen LogP contribution in [-0.4, -0.2) is 11.2 Å². The van der Waals surface area contributed by atoms with Crippen molar-refractivity contribution < 1.29 is 4.52 Å². The minimum atomic E-state index is 0.432. The fraction of sp³-hybridized carbons (Fsp3) is 0.400. The van der Waals surface area contributed by atoms with E-state index in [-0.39, 0.29) is 0 Å². The third-order valence-electron chi connectivity index (χ3n) is 3.19. The lowest BCUT2D eigenvalue weighted by Gasteiger charge is -2.13. The Morgan fingerprint density at radius 1 is 1.22 bits per heavy atom. The van der Waals surface area contributed by atoms with Crippen LogP contribution in [0, 0.1) is 13.8 Å². The molecule has 0 aliphatic heterocycles. The lowest BCUT2D eigenvalue weighted by molar-refractivity contribution is 0.391. The molecule has 0 radical (unpaired) electrons. The predicted molar refractivity (Wildman–Crippen MR) is 72.4 cm³/mol. The van der Waals surface area contributed by atoms with Gasteiger partial charge in [0.25, 0.3) is 0 Å². The SMILES string of the molecule is Cc1noc(C)c1CNC(C)Cc1ccccc1. The van der Waals surface area contributed by atoms with Crippen LogP contribution in [0.5, 0.6) is 0 Å². The van der Waals surface area contributed by atoms with Gasteiger partial charge in [-0.25, -0.2) is 0 Å². The van der Waals surface area contributed by atoms with Crippen LogP contribution in [0.3, 0.4) is 0 Å². The molecular weight excluding hydrogens is 224 g/mol. The van der Waals surface area contributed by atoms with Crippen molar-refractivity contribution in [3.05, 3.63) is 52.9 Å². The molecule has 2 rings (SSSR count). The Morgan fingerprint density at radius 3 is 2.56 bits per heavy atom. The largest absolute Gasteiger partial charge is 0.361 e. The Hall–Kier alpha value is -1.61. The smallest absolute Gasteiger partial charge is 0.138 e. The molecule has 0 aliphatic rings. The summed E-state index contributed by atoms with van der Waals surface area (Å²) in [4.78, 5) is 0. The van der Waals surface area contributed by atoms with Crippen LogP contribution in [0.15, 0.2) is 34.9 Å². The van der Waals surface area contributed by atoms with Gasteiger partial charge in [-0.05, 0) is 32.8 Å². The van der Waals surface area contributed by atoms with Crippen molar-refractivity contribution in [3.63, 3.8) is 0 Å². The summed E-state index contributed by atoms with van der Waals surface area (Å²) in [5.74, 6) is 0.909. The molecule has 2 aromatic rings. The van der Waals surface area contributed by atoms with E-state index in [2.05, 4.69) is 41.7 Å². The van der Waals surface area contributed by atoms with Crippen LogP contribution in [0.1, 0.15) is 29.5 Å². The molecule has 0 amide bonds. The zero-order valence-corrected chi connectivity index (χ0v) is 11.2. The van der Waals surface area contributed by atoms with Crippen molar-refractivity contribution in [1.82, 2.24) is 10.5 Å². The third kappa shape index (κ3) is 3.20. The lowest BCUT2D eigenvalue weighted by Crippen LogP contribution is -2.27. The molecule has 18 heavy (non-hydrogen) atoms. The Balaban J connectivity index is 1.87. The van der Waals surface area contributed by atoms with Crippen molar-refractivity contribution >= 4 is 0 Å². The van der Waals surface area contributed by atoms with Crippen LogP contribution in [0.25, 0.3) is 0 Å². The van der Waals surface area contributed by atoms with Gasteiger partial charge >= 0.3 is 0 Å². The summed E-state index contributed by atoms with van der Waals surface area (Å²) in [7, 11) is 0.